The molecule has 2 heterocycles. The minimum Gasteiger partial charge on any atom is -0.378 e. The molecular weight excluding hydrogens is 316 g/mol. The Morgan fingerprint density at radius 2 is 2.26 bits per heavy atom. The summed E-state index contributed by atoms with van der Waals surface area (Å²) in [7, 11) is 0. The van der Waals surface area contributed by atoms with E-state index in [-0.39, 0.29) is 18.5 Å². The average molecular weight is 334 g/mol. The summed E-state index contributed by atoms with van der Waals surface area (Å²) in [6.07, 6.45) is 2.32. The Morgan fingerprint density at radius 3 is 2.96 bits per heavy atom. The van der Waals surface area contributed by atoms with Crippen molar-refractivity contribution in [3.8, 4) is 0 Å². The van der Waals surface area contributed by atoms with Gasteiger partial charge in [-0.1, -0.05) is 17.3 Å². The number of para-hydroxylation sites is 1. The number of aromatic nitrogens is 2. The number of likely N-dealkylation sites (tertiary alicyclic amines) is 1. The maximum Gasteiger partial charge on any atom is 0.321 e. The van der Waals surface area contributed by atoms with E-state index in [1.165, 1.54) is 0 Å². The molecule has 1 fully saturated rings. The van der Waals surface area contributed by atoms with Gasteiger partial charge in [0.1, 0.15) is 0 Å². The lowest BCUT2D eigenvalue weighted by molar-refractivity contribution is 0.0171. The number of β-amino-alcohol motifs (C(OH)–C–C–N with tert-alkyl or cyclic N) is 1. The quantitative estimate of drug-likeness (QED) is 0.836. The second-order valence-corrected chi connectivity index (χ2v) is 6.33. The number of aliphatic hydroxyl groups is 1. The number of aryl methyl sites for hydroxylation is 1. The summed E-state index contributed by atoms with van der Waals surface area (Å²) < 4.78 is 5.06. The van der Waals surface area contributed by atoms with E-state index < -0.39 is 5.60 Å². The van der Waals surface area contributed by atoms with Gasteiger partial charge < -0.3 is 19.8 Å². The van der Waals surface area contributed by atoms with Crippen molar-refractivity contribution in [1.82, 2.24) is 15.0 Å². The molecule has 2 aromatic rings. The van der Waals surface area contributed by atoms with Crippen LogP contribution in [0.1, 0.15) is 18.1 Å². The molecule has 1 atom stereocenters. The van der Waals surface area contributed by atoms with Crippen molar-refractivity contribution in [2.45, 2.75) is 23.8 Å². The highest BCUT2D eigenvalue weighted by Crippen LogP contribution is 2.32. The van der Waals surface area contributed by atoms with E-state index in [1.807, 2.05) is 30.5 Å². The van der Waals surface area contributed by atoms with Gasteiger partial charge in [-0.05, 0) is 25.3 Å². The van der Waals surface area contributed by atoms with Gasteiger partial charge in [0.05, 0.1) is 12.2 Å². The molecule has 2 N–H and O–H groups in total. The number of hydrogen-bond acceptors (Lipinski definition) is 6. The van der Waals surface area contributed by atoms with Gasteiger partial charge in [0.2, 0.25) is 0 Å². The predicted molar refractivity (Wildman–Crippen MR) is 86.4 cm³/mol. The van der Waals surface area contributed by atoms with E-state index in [2.05, 4.69) is 15.5 Å². The number of anilines is 1. The third-order valence-electron chi connectivity index (χ3n) is 3.81. The molecular formula is C15H18N4O3S. The van der Waals surface area contributed by atoms with Gasteiger partial charge in [-0.15, -0.1) is 11.8 Å². The van der Waals surface area contributed by atoms with Crippen LogP contribution in [0.5, 0.6) is 0 Å². The monoisotopic (exact) mass is 334 g/mol. The molecule has 7 nitrogen and oxygen atoms in total. The fraction of sp³-hybridized carbons (Fsp3) is 0.400. The molecule has 0 radical (unpaired) electrons. The Hall–Kier alpha value is -2.06. The zero-order valence-corrected chi connectivity index (χ0v) is 13.8. The first kappa shape index (κ1) is 15.8. The van der Waals surface area contributed by atoms with E-state index in [4.69, 9.17) is 4.52 Å². The number of rotatable bonds is 3. The maximum absolute atomic E-state index is 12.4. The molecule has 0 saturated carbocycles. The fourth-order valence-corrected chi connectivity index (χ4v) is 3.12. The van der Waals surface area contributed by atoms with Gasteiger partial charge in [-0.25, -0.2) is 4.79 Å². The second kappa shape index (κ2) is 6.21. The largest absolute Gasteiger partial charge is 0.378 e. The normalized spacial score (nSPS) is 20.7. The highest BCUT2D eigenvalue weighted by atomic mass is 32.2. The van der Waals surface area contributed by atoms with Crippen molar-refractivity contribution in [2.24, 2.45) is 0 Å². The number of nitrogens with zero attached hydrogens (tertiary/aromatic N) is 3. The molecule has 122 valence electrons. The highest BCUT2D eigenvalue weighted by molar-refractivity contribution is 7.98. The van der Waals surface area contributed by atoms with Gasteiger partial charge in [0.25, 0.3) is 5.89 Å². The molecule has 2 amide bonds. The van der Waals surface area contributed by atoms with Gasteiger partial charge in [0, 0.05) is 17.9 Å². The highest BCUT2D eigenvalue weighted by Gasteiger charge is 2.44. The van der Waals surface area contributed by atoms with Crippen LogP contribution in [0, 0.1) is 6.92 Å². The minimum atomic E-state index is -1.28. The molecule has 0 spiro atoms. The molecule has 1 unspecified atom stereocenters. The van der Waals surface area contributed by atoms with E-state index in [1.54, 1.807) is 23.6 Å². The number of urea groups is 1. The Labute approximate surface area is 138 Å². The number of benzene rings is 1. The second-order valence-electron chi connectivity index (χ2n) is 5.48. The van der Waals surface area contributed by atoms with Crippen LogP contribution in [0.25, 0.3) is 0 Å². The Bertz CT molecular complexity index is 720. The lowest BCUT2D eigenvalue weighted by Crippen LogP contribution is -2.37. The fourth-order valence-electron chi connectivity index (χ4n) is 2.57. The zero-order valence-electron chi connectivity index (χ0n) is 12.9. The predicted octanol–water partition coefficient (Wildman–Crippen LogP) is 2.23. The number of carbonyl (C=O) groups excluding carboxylic acids is 1. The van der Waals surface area contributed by atoms with E-state index in [0.717, 1.165) is 10.6 Å². The maximum atomic E-state index is 12.4. The molecule has 3 rings (SSSR count). The van der Waals surface area contributed by atoms with Crippen molar-refractivity contribution in [1.29, 1.82) is 0 Å². The van der Waals surface area contributed by atoms with Crippen LogP contribution in [0.3, 0.4) is 0 Å². The Morgan fingerprint density at radius 1 is 1.48 bits per heavy atom. The molecule has 8 heteroatoms. The van der Waals surface area contributed by atoms with Crippen LogP contribution in [0.4, 0.5) is 10.5 Å². The topological polar surface area (TPSA) is 91.5 Å². The number of amides is 2. The van der Waals surface area contributed by atoms with Crippen LogP contribution in [0.2, 0.25) is 0 Å². The third-order valence-corrected chi connectivity index (χ3v) is 4.61. The van der Waals surface area contributed by atoms with E-state index >= 15 is 0 Å². The lowest BCUT2D eigenvalue weighted by atomic mass is 10.0. The van der Waals surface area contributed by atoms with Crippen molar-refractivity contribution in [2.75, 3.05) is 24.7 Å². The van der Waals surface area contributed by atoms with E-state index in [9.17, 15) is 9.90 Å². The first-order valence-corrected chi connectivity index (χ1v) is 8.46. The molecule has 1 saturated heterocycles. The number of thioether (sulfide) groups is 1. The van der Waals surface area contributed by atoms with Crippen LogP contribution in [-0.4, -0.2) is 45.5 Å². The van der Waals surface area contributed by atoms with Crippen molar-refractivity contribution in [3.05, 3.63) is 36.0 Å². The molecule has 1 aromatic heterocycles. The Kier molecular flexibility index (Phi) is 4.27. The summed E-state index contributed by atoms with van der Waals surface area (Å²) in [5.74, 6) is 0.625. The van der Waals surface area contributed by atoms with Crippen molar-refractivity contribution >= 4 is 23.5 Å². The summed E-state index contributed by atoms with van der Waals surface area (Å²) in [4.78, 5) is 19.1. The molecule has 1 aliphatic heterocycles. The van der Waals surface area contributed by atoms with Crippen LogP contribution in [0.15, 0.2) is 33.7 Å². The molecule has 0 aliphatic carbocycles. The number of nitrogens with one attached hydrogen (secondary N) is 1. The number of carbonyl (C=O) groups is 1. The molecule has 0 bridgehead atoms. The molecule has 23 heavy (non-hydrogen) atoms. The van der Waals surface area contributed by atoms with Gasteiger partial charge in [-0.3, -0.25) is 0 Å². The zero-order chi connectivity index (χ0) is 16.4. The van der Waals surface area contributed by atoms with E-state index in [0.29, 0.717) is 18.8 Å². The summed E-state index contributed by atoms with van der Waals surface area (Å²) in [5, 5.41) is 17.2. The van der Waals surface area contributed by atoms with Gasteiger partial charge >= 0.3 is 6.03 Å². The summed E-state index contributed by atoms with van der Waals surface area (Å²) in [6.45, 7) is 2.24. The van der Waals surface area contributed by atoms with Crippen LogP contribution in [-0.2, 0) is 5.60 Å². The lowest BCUT2D eigenvalue weighted by Gasteiger charge is -2.20. The van der Waals surface area contributed by atoms with Crippen LogP contribution < -0.4 is 5.32 Å². The minimum absolute atomic E-state index is 0.127. The standard InChI is InChI=1S/C15H18N4O3S/c1-10-16-13(22-18-10)15(21)7-8-19(9-15)14(20)17-11-5-3-4-6-12(11)23-2/h3-6,21H,7-9H2,1-2H3,(H,17,20). The van der Waals surface area contributed by atoms with Crippen molar-refractivity contribution < 1.29 is 14.4 Å². The van der Waals surface area contributed by atoms with Crippen LogP contribution >= 0.6 is 11.8 Å². The summed E-state index contributed by atoms with van der Waals surface area (Å²) in [6, 6.07) is 7.35. The van der Waals surface area contributed by atoms with Gasteiger partial charge in [0.15, 0.2) is 11.4 Å². The first-order chi connectivity index (χ1) is 11.0. The Balaban J connectivity index is 1.70. The van der Waals surface area contributed by atoms with Gasteiger partial charge in [-0.2, -0.15) is 4.98 Å². The first-order valence-electron chi connectivity index (χ1n) is 7.24. The molecule has 1 aliphatic rings. The van der Waals surface area contributed by atoms with Crippen molar-refractivity contribution in [3.63, 3.8) is 0 Å². The average Bonchev–Trinajstić information content (AvgIpc) is 3.15. The third kappa shape index (κ3) is 3.18. The summed E-state index contributed by atoms with van der Waals surface area (Å²) in [5.41, 5.74) is -0.522. The number of hydrogen-bond donors (Lipinski definition) is 2. The summed E-state index contributed by atoms with van der Waals surface area (Å²) >= 11 is 1.56. The molecule has 1 aromatic carbocycles. The SMILES string of the molecule is CSc1ccccc1NC(=O)N1CCC(O)(c2nc(C)no2)C1. The smallest absolute Gasteiger partial charge is 0.321 e.